The van der Waals surface area contributed by atoms with Gasteiger partial charge in [0.1, 0.15) is 6.29 Å². The van der Waals surface area contributed by atoms with Gasteiger partial charge in [-0.1, -0.05) is 11.9 Å². The second-order valence-electron chi connectivity index (χ2n) is 3.51. The fourth-order valence-electron chi connectivity index (χ4n) is 1.93. The van der Waals surface area contributed by atoms with Crippen LogP contribution in [-0.2, 0) is 11.2 Å². The summed E-state index contributed by atoms with van der Waals surface area (Å²) in [6, 6.07) is 6.31. The lowest BCUT2D eigenvalue weighted by Gasteiger charge is -2.15. The van der Waals surface area contributed by atoms with Gasteiger partial charge < -0.3 is 14.4 Å². The Bertz CT molecular complexity index is 368. The van der Waals surface area contributed by atoms with Crippen LogP contribution in [0.2, 0.25) is 0 Å². The van der Waals surface area contributed by atoms with E-state index in [0.29, 0.717) is 6.54 Å². The third-order valence-electron chi connectivity index (χ3n) is 2.59. The molecule has 0 spiro atoms. The van der Waals surface area contributed by atoms with Gasteiger partial charge in [0.05, 0.1) is 6.54 Å². The van der Waals surface area contributed by atoms with Crippen molar-refractivity contribution in [1.29, 1.82) is 0 Å². The molecule has 0 aromatic heterocycles. The van der Waals surface area contributed by atoms with Crippen LogP contribution in [0.15, 0.2) is 18.2 Å². The molecule has 0 fully saturated rings. The van der Waals surface area contributed by atoms with Crippen molar-refractivity contribution in [2.75, 3.05) is 29.0 Å². The van der Waals surface area contributed by atoms with Crippen molar-refractivity contribution >= 4 is 29.6 Å². The van der Waals surface area contributed by atoms with Crippen LogP contribution < -0.4 is 9.62 Å². The summed E-state index contributed by atoms with van der Waals surface area (Å²) in [4.78, 5) is 12.6. The number of hydrogen-bond donors (Lipinski definition) is 1. The molecular formula is C11H14N2OS. The fourth-order valence-corrected chi connectivity index (χ4v) is 2.29. The molecule has 0 unspecified atom stereocenters. The largest absolute Gasteiger partial charge is 0.364 e. The van der Waals surface area contributed by atoms with Crippen molar-refractivity contribution in [3.8, 4) is 0 Å². The van der Waals surface area contributed by atoms with E-state index in [2.05, 4.69) is 27.8 Å². The Balaban J connectivity index is 2.21. The van der Waals surface area contributed by atoms with E-state index in [1.54, 1.807) is 11.9 Å². The molecule has 0 saturated carbocycles. The Morgan fingerprint density at radius 3 is 3.20 bits per heavy atom. The van der Waals surface area contributed by atoms with Crippen molar-refractivity contribution in [2.24, 2.45) is 0 Å². The Hall–Kier alpha value is -1.16. The summed E-state index contributed by atoms with van der Waals surface area (Å²) in [5.74, 6) is 0. The lowest BCUT2D eigenvalue weighted by molar-refractivity contribution is -0.106. The predicted molar refractivity (Wildman–Crippen MR) is 65.6 cm³/mol. The van der Waals surface area contributed by atoms with E-state index in [4.69, 9.17) is 0 Å². The molecule has 0 bridgehead atoms. The lowest BCUT2D eigenvalue weighted by atomic mass is 10.1. The molecule has 0 saturated heterocycles. The van der Waals surface area contributed by atoms with Crippen LogP contribution in [0.4, 0.5) is 11.4 Å². The molecule has 3 nitrogen and oxygen atoms in total. The summed E-state index contributed by atoms with van der Waals surface area (Å²) in [6.45, 7) is 1.46. The van der Waals surface area contributed by atoms with Crippen molar-refractivity contribution in [3.63, 3.8) is 0 Å². The molecule has 0 atom stereocenters. The molecule has 0 aliphatic carbocycles. The van der Waals surface area contributed by atoms with Gasteiger partial charge >= 0.3 is 0 Å². The van der Waals surface area contributed by atoms with Crippen LogP contribution in [-0.4, -0.2) is 25.6 Å². The third kappa shape index (κ3) is 2.09. The van der Waals surface area contributed by atoms with E-state index in [1.807, 2.05) is 6.26 Å². The monoisotopic (exact) mass is 222 g/mol. The number of fused-ring (bicyclic) bond motifs is 1. The van der Waals surface area contributed by atoms with Gasteiger partial charge in [-0.3, -0.25) is 0 Å². The minimum Gasteiger partial charge on any atom is -0.364 e. The van der Waals surface area contributed by atoms with Crippen LogP contribution in [0.5, 0.6) is 0 Å². The first-order chi connectivity index (χ1) is 7.35. The minimum absolute atomic E-state index is 0.502. The summed E-state index contributed by atoms with van der Waals surface area (Å²) in [5.41, 5.74) is 3.67. The standard InChI is InChI=1S/C11H14N2OS/c1-15-12-10-2-3-11-9(8-10)4-5-13(11)6-7-14/h2-3,7-8,12H,4-6H2,1H3. The van der Waals surface area contributed by atoms with Gasteiger partial charge in [-0.2, -0.15) is 0 Å². The van der Waals surface area contributed by atoms with Crippen molar-refractivity contribution in [1.82, 2.24) is 0 Å². The Morgan fingerprint density at radius 2 is 2.47 bits per heavy atom. The van der Waals surface area contributed by atoms with Gasteiger partial charge in [0.25, 0.3) is 0 Å². The smallest absolute Gasteiger partial charge is 0.139 e. The fraction of sp³-hybridized carbons (Fsp3) is 0.364. The zero-order valence-electron chi connectivity index (χ0n) is 8.69. The molecule has 1 aliphatic heterocycles. The molecule has 15 heavy (non-hydrogen) atoms. The molecule has 0 amide bonds. The summed E-state index contributed by atoms with van der Waals surface area (Å²) < 4.78 is 3.21. The summed E-state index contributed by atoms with van der Waals surface area (Å²) in [7, 11) is 0. The first kappa shape index (κ1) is 10.4. The number of hydrogen-bond acceptors (Lipinski definition) is 4. The molecule has 4 heteroatoms. The van der Waals surface area contributed by atoms with Crippen molar-refractivity contribution in [3.05, 3.63) is 23.8 Å². The van der Waals surface area contributed by atoms with E-state index in [1.165, 1.54) is 11.3 Å². The highest BCUT2D eigenvalue weighted by Gasteiger charge is 2.18. The van der Waals surface area contributed by atoms with E-state index in [0.717, 1.165) is 24.9 Å². The van der Waals surface area contributed by atoms with Crippen molar-refractivity contribution in [2.45, 2.75) is 6.42 Å². The Morgan fingerprint density at radius 1 is 1.60 bits per heavy atom. The van der Waals surface area contributed by atoms with E-state index >= 15 is 0 Å². The van der Waals surface area contributed by atoms with Crippen LogP contribution in [0.25, 0.3) is 0 Å². The topological polar surface area (TPSA) is 32.3 Å². The lowest BCUT2D eigenvalue weighted by Crippen LogP contribution is -2.22. The maximum atomic E-state index is 10.5. The number of carbonyl (C=O) groups excluding carboxylic acids is 1. The first-order valence-corrected chi connectivity index (χ1v) is 6.18. The van der Waals surface area contributed by atoms with Crippen LogP contribution in [0.3, 0.4) is 0 Å². The molecule has 2 rings (SSSR count). The predicted octanol–water partition coefficient (Wildman–Crippen LogP) is 1.94. The molecule has 1 N–H and O–H groups in total. The summed E-state index contributed by atoms with van der Waals surface area (Å²) >= 11 is 1.59. The van der Waals surface area contributed by atoms with Gasteiger partial charge in [-0.25, -0.2) is 0 Å². The number of nitrogens with one attached hydrogen (secondary N) is 1. The zero-order valence-corrected chi connectivity index (χ0v) is 9.51. The first-order valence-electron chi connectivity index (χ1n) is 4.95. The van der Waals surface area contributed by atoms with E-state index < -0.39 is 0 Å². The van der Waals surface area contributed by atoms with Gasteiger partial charge in [-0.05, 0) is 30.2 Å². The molecule has 80 valence electrons. The van der Waals surface area contributed by atoms with Gasteiger partial charge in [0, 0.05) is 24.2 Å². The highest BCUT2D eigenvalue weighted by Crippen LogP contribution is 2.30. The van der Waals surface area contributed by atoms with E-state index in [-0.39, 0.29) is 0 Å². The molecule has 1 aromatic rings. The second kappa shape index (κ2) is 4.57. The van der Waals surface area contributed by atoms with Crippen molar-refractivity contribution < 1.29 is 4.79 Å². The van der Waals surface area contributed by atoms with Crippen LogP contribution >= 0.6 is 11.9 Å². The van der Waals surface area contributed by atoms with Crippen LogP contribution in [0.1, 0.15) is 5.56 Å². The maximum absolute atomic E-state index is 10.5. The van der Waals surface area contributed by atoms with Gasteiger partial charge in [-0.15, -0.1) is 0 Å². The number of aldehydes is 1. The Labute approximate surface area is 94.0 Å². The van der Waals surface area contributed by atoms with Crippen LogP contribution in [0, 0.1) is 0 Å². The third-order valence-corrected chi connectivity index (χ3v) is 3.03. The average Bonchev–Trinajstić information content (AvgIpc) is 2.62. The molecular weight excluding hydrogens is 208 g/mol. The number of carbonyl (C=O) groups is 1. The highest BCUT2D eigenvalue weighted by molar-refractivity contribution is 7.99. The maximum Gasteiger partial charge on any atom is 0.139 e. The molecule has 0 radical (unpaired) electrons. The van der Waals surface area contributed by atoms with Gasteiger partial charge in [0.2, 0.25) is 0 Å². The highest BCUT2D eigenvalue weighted by atomic mass is 32.2. The Kier molecular flexibility index (Phi) is 3.16. The number of anilines is 2. The summed E-state index contributed by atoms with van der Waals surface area (Å²) in [5, 5.41) is 0. The molecule has 1 aliphatic rings. The molecule has 1 aromatic carbocycles. The number of benzene rings is 1. The minimum atomic E-state index is 0.502. The van der Waals surface area contributed by atoms with Gasteiger partial charge in [0.15, 0.2) is 0 Å². The SMILES string of the molecule is CSNc1ccc2c(c1)CCN2CC=O. The quantitative estimate of drug-likeness (QED) is 0.623. The second-order valence-corrected chi connectivity index (χ2v) is 4.12. The van der Waals surface area contributed by atoms with E-state index in [9.17, 15) is 4.79 Å². The normalized spacial score (nSPS) is 13.8. The average molecular weight is 222 g/mol. The molecule has 1 heterocycles. The zero-order chi connectivity index (χ0) is 10.7. The number of rotatable bonds is 4. The summed E-state index contributed by atoms with van der Waals surface area (Å²) in [6.07, 6.45) is 4.00. The number of nitrogens with zero attached hydrogens (tertiary/aromatic N) is 1.